The summed E-state index contributed by atoms with van der Waals surface area (Å²) in [5.41, 5.74) is 5.20. The highest BCUT2D eigenvalue weighted by Crippen LogP contribution is 2.23. The van der Waals surface area contributed by atoms with Crippen molar-refractivity contribution in [3.8, 4) is 0 Å². The number of anilines is 1. The van der Waals surface area contributed by atoms with E-state index >= 15 is 0 Å². The third-order valence-corrected chi connectivity index (χ3v) is 7.89. The first-order chi connectivity index (χ1) is 18.5. The lowest BCUT2D eigenvalue weighted by molar-refractivity contribution is -0.140. The Kier molecular flexibility index (Phi) is 10.3. The standard InChI is InChI=1S/C31H39N3O4S/c1-6-18-32-31(36)29(20-26-10-8-7-9-11-26)33(21-27-15-12-23(2)13-16-27)30(35)22-34(39(5,37)38)28-17-14-24(3)25(4)19-28/h7-17,19,29H,6,18,20-22H2,1-5H3,(H,32,36)/t29-/m1/s1. The molecule has 0 heterocycles. The first kappa shape index (κ1) is 29.9. The minimum atomic E-state index is -3.79. The second-order valence-corrected chi connectivity index (χ2v) is 11.9. The summed E-state index contributed by atoms with van der Waals surface area (Å²) in [5, 5.41) is 2.95. The normalized spacial score (nSPS) is 12.0. The van der Waals surface area contributed by atoms with Gasteiger partial charge in [-0.1, -0.05) is 73.2 Å². The van der Waals surface area contributed by atoms with Crippen LogP contribution < -0.4 is 9.62 Å². The molecule has 1 N–H and O–H groups in total. The van der Waals surface area contributed by atoms with Gasteiger partial charge in [-0.05, 0) is 61.6 Å². The zero-order valence-electron chi connectivity index (χ0n) is 23.5. The second kappa shape index (κ2) is 13.4. The Morgan fingerprint density at radius 1 is 0.872 bits per heavy atom. The molecule has 0 radical (unpaired) electrons. The lowest BCUT2D eigenvalue weighted by Crippen LogP contribution is -2.53. The summed E-state index contributed by atoms with van der Waals surface area (Å²) in [4.78, 5) is 29.1. The van der Waals surface area contributed by atoms with Crippen LogP contribution >= 0.6 is 0 Å². The van der Waals surface area contributed by atoms with Gasteiger partial charge in [0.15, 0.2) is 0 Å². The first-order valence-electron chi connectivity index (χ1n) is 13.2. The zero-order chi connectivity index (χ0) is 28.6. The average molecular weight is 550 g/mol. The van der Waals surface area contributed by atoms with Crippen molar-refractivity contribution >= 4 is 27.5 Å². The Hall–Kier alpha value is -3.65. The van der Waals surface area contributed by atoms with Crippen molar-refractivity contribution in [2.24, 2.45) is 0 Å². The molecule has 0 aliphatic heterocycles. The largest absolute Gasteiger partial charge is 0.354 e. The number of hydrogen-bond acceptors (Lipinski definition) is 4. The summed E-state index contributed by atoms with van der Waals surface area (Å²) in [6.45, 7) is 8.03. The van der Waals surface area contributed by atoms with Crippen LogP contribution in [0.15, 0.2) is 72.8 Å². The van der Waals surface area contributed by atoms with Crippen LogP contribution in [0.25, 0.3) is 0 Å². The first-order valence-corrected chi connectivity index (χ1v) is 15.1. The van der Waals surface area contributed by atoms with E-state index in [1.165, 1.54) is 4.90 Å². The molecule has 0 saturated carbocycles. The highest BCUT2D eigenvalue weighted by molar-refractivity contribution is 7.92. The molecule has 8 heteroatoms. The van der Waals surface area contributed by atoms with Crippen LogP contribution in [0.5, 0.6) is 0 Å². The molecular weight excluding hydrogens is 510 g/mol. The molecule has 0 aliphatic carbocycles. The van der Waals surface area contributed by atoms with Gasteiger partial charge in [-0.15, -0.1) is 0 Å². The van der Waals surface area contributed by atoms with E-state index in [2.05, 4.69) is 5.32 Å². The molecule has 1 atom stereocenters. The van der Waals surface area contributed by atoms with E-state index < -0.39 is 28.5 Å². The van der Waals surface area contributed by atoms with Gasteiger partial charge >= 0.3 is 0 Å². The smallest absolute Gasteiger partial charge is 0.244 e. The van der Waals surface area contributed by atoms with Crippen molar-refractivity contribution in [2.75, 3.05) is 23.7 Å². The molecule has 3 rings (SSSR count). The fourth-order valence-corrected chi connectivity index (χ4v) is 5.15. The molecular formula is C31H39N3O4S. The van der Waals surface area contributed by atoms with Crippen molar-refractivity contribution in [3.05, 3.63) is 101 Å². The number of carbonyl (C=O) groups excluding carboxylic acids is 2. The van der Waals surface area contributed by atoms with Crippen LogP contribution in [0.4, 0.5) is 5.69 Å². The Labute approximate surface area is 232 Å². The molecule has 0 spiro atoms. The van der Waals surface area contributed by atoms with Gasteiger partial charge in [-0.25, -0.2) is 8.42 Å². The number of rotatable bonds is 12. The molecule has 0 unspecified atom stereocenters. The minimum absolute atomic E-state index is 0.167. The van der Waals surface area contributed by atoms with Gasteiger partial charge < -0.3 is 10.2 Å². The molecule has 0 aromatic heterocycles. The van der Waals surface area contributed by atoms with Gasteiger partial charge in [0.05, 0.1) is 11.9 Å². The predicted octanol–water partition coefficient (Wildman–Crippen LogP) is 4.54. The molecule has 208 valence electrons. The predicted molar refractivity (Wildman–Crippen MR) is 157 cm³/mol. The molecule has 39 heavy (non-hydrogen) atoms. The van der Waals surface area contributed by atoms with Crippen molar-refractivity contribution in [1.82, 2.24) is 10.2 Å². The molecule has 3 aromatic carbocycles. The van der Waals surface area contributed by atoms with E-state index in [1.807, 2.05) is 88.4 Å². The number of nitrogens with one attached hydrogen (secondary N) is 1. The molecule has 0 aliphatic rings. The van der Waals surface area contributed by atoms with E-state index in [9.17, 15) is 18.0 Å². The van der Waals surface area contributed by atoms with E-state index in [1.54, 1.807) is 12.1 Å². The number of hydrogen-bond donors (Lipinski definition) is 1. The lowest BCUT2D eigenvalue weighted by Gasteiger charge is -2.33. The molecule has 0 saturated heterocycles. The Balaban J connectivity index is 2.04. The average Bonchev–Trinajstić information content (AvgIpc) is 2.90. The fourth-order valence-electron chi connectivity index (χ4n) is 4.30. The SMILES string of the molecule is CCCNC(=O)[C@@H](Cc1ccccc1)N(Cc1ccc(C)cc1)C(=O)CN(c1ccc(C)c(C)c1)S(C)(=O)=O. The summed E-state index contributed by atoms with van der Waals surface area (Å²) in [7, 11) is -3.79. The van der Waals surface area contributed by atoms with Crippen LogP contribution in [0.2, 0.25) is 0 Å². The maximum atomic E-state index is 14.0. The van der Waals surface area contributed by atoms with Gasteiger partial charge in [0.25, 0.3) is 0 Å². The number of nitrogens with zero attached hydrogens (tertiary/aromatic N) is 2. The Morgan fingerprint density at radius 3 is 2.13 bits per heavy atom. The van der Waals surface area contributed by atoms with Crippen LogP contribution in [0.3, 0.4) is 0 Å². The zero-order valence-corrected chi connectivity index (χ0v) is 24.3. The van der Waals surface area contributed by atoms with E-state index in [0.29, 0.717) is 18.7 Å². The second-order valence-electron chi connectivity index (χ2n) is 10.0. The molecule has 3 aromatic rings. The Morgan fingerprint density at radius 2 is 1.54 bits per heavy atom. The van der Waals surface area contributed by atoms with E-state index in [4.69, 9.17) is 0 Å². The van der Waals surface area contributed by atoms with E-state index in [-0.39, 0.29) is 12.5 Å². The molecule has 7 nitrogen and oxygen atoms in total. The van der Waals surface area contributed by atoms with Gasteiger partial charge in [-0.3, -0.25) is 13.9 Å². The minimum Gasteiger partial charge on any atom is -0.354 e. The van der Waals surface area contributed by atoms with Crippen LogP contribution in [-0.4, -0.2) is 50.5 Å². The third-order valence-electron chi connectivity index (χ3n) is 6.75. The molecule has 0 fully saturated rings. The number of amides is 2. The quantitative estimate of drug-likeness (QED) is 0.359. The van der Waals surface area contributed by atoms with Gasteiger partial charge in [-0.2, -0.15) is 0 Å². The van der Waals surface area contributed by atoms with Crippen molar-refractivity contribution in [3.63, 3.8) is 0 Å². The highest BCUT2D eigenvalue weighted by Gasteiger charge is 2.33. The van der Waals surface area contributed by atoms with Gasteiger partial charge in [0.2, 0.25) is 21.8 Å². The fraction of sp³-hybridized carbons (Fsp3) is 0.355. The third kappa shape index (κ3) is 8.42. The summed E-state index contributed by atoms with van der Waals surface area (Å²) in [5.74, 6) is -0.718. The topological polar surface area (TPSA) is 86.8 Å². The molecule has 0 bridgehead atoms. The number of carbonyl (C=O) groups is 2. The van der Waals surface area contributed by atoms with Crippen molar-refractivity contribution in [2.45, 2.75) is 53.1 Å². The maximum Gasteiger partial charge on any atom is 0.244 e. The summed E-state index contributed by atoms with van der Waals surface area (Å²) < 4.78 is 26.9. The lowest BCUT2D eigenvalue weighted by atomic mass is 10.0. The summed E-state index contributed by atoms with van der Waals surface area (Å²) >= 11 is 0. The maximum absolute atomic E-state index is 14.0. The number of benzene rings is 3. The van der Waals surface area contributed by atoms with Crippen molar-refractivity contribution < 1.29 is 18.0 Å². The monoisotopic (exact) mass is 549 g/mol. The van der Waals surface area contributed by atoms with Crippen LogP contribution in [0.1, 0.15) is 41.2 Å². The number of aryl methyl sites for hydroxylation is 3. The van der Waals surface area contributed by atoms with E-state index in [0.717, 1.165) is 44.8 Å². The Bertz CT molecular complexity index is 1370. The summed E-state index contributed by atoms with van der Waals surface area (Å²) in [6, 6.07) is 21.8. The molecule has 2 amide bonds. The van der Waals surface area contributed by atoms with Crippen molar-refractivity contribution in [1.29, 1.82) is 0 Å². The summed E-state index contributed by atoms with van der Waals surface area (Å²) in [6.07, 6.45) is 2.15. The number of sulfonamides is 1. The van der Waals surface area contributed by atoms with Gasteiger partial charge in [0, 0.05) is 19.5 Å². The van der Waals surface area contributed by atoms with Crippen LogP contribution in [-0.2, 0) is 32.6 Å². The highest BCUT2D eigenvalue weighted by atomic mass is 32.2. The van der Waals surface area contributed by atoms with Crippen LogP contribution in [0, 0.1) is 20.8 Å². The van der Waals surface area contributed by atoms with Gasteiger partial charge in [0.1, 0.15) is 12.6 Å².